The minimum Gasteiger partial charge on any atom is -0.329 e. The van der Waals surface area contributed by atoms with Crippen LogP contribution in [0.25, 0.3) is 11.0 Å². The van der Waals surface area contributed by atoms with Crippen molar-refractivity contribution in [2.45, 2.75) is 43.5 Å². The zero-order valence-electron chi connectivity index (χ0n) is 12.1. The predicted octanol–water partition coefficient (Wildman–Crippen LogP) is 3.68. The van der Waals surface area contributed by atoms with Crippen LogP contribution in [0.2, 0.25) is 0 Å². The van der Waals surface area contributed by atoms with Crippen molar-refractivity contribution in [2.75, 3.05) is 6.26 Å². The van der Waals surface area contributed by atoms with Gasteiger partial charge in [-0.15, -0.1) is 0 Å². The lowest BCUT2D eigenvalue weighted by Crippen LogP contribution is -2.14. The second-order valence-electron chi connectivity index (χ2n) is 5.97. The number of H-pyrrole nitrogens is 1. The number of imidazole rings is 1. The zero-order chi connectivity index (χ0) is 15.0. The number of fused-ring (bicyclic) bond motifs is 1. The van der Waals surface area contributed by atoms with E-state index in [1.165, 1.54) is 38.4 Å². The van der Waals surface area contributed by atoms with Gasteiger partial charge in [-0.2, -0.15) is 0 Å². The molecule has 1 fully saturated rings. The summed E-state index contributed by atoms with van der Waals surface area (Å²) in [6.07, 6.45) is 7.61. The third kappa shape index (κ3) is 2.92. The number of aromatic amines is 1. The molecule has 0 aliphatic heterocycles. The van der Waals surface area contributed by atoms with Crippen LogP contribution < -0.4 is 0 Å². The molecule has 3 rings (SSSR count). The molecule has 1 aliphatic rings. The molecule has 0 bridgehead atoms. The van der Waals surface area contributed by atoms with Crippen LogP contribution in [-0.2, 0) is 16.4 Å². The van der Waals surface area contributed by atoms with E-state index in [1.807, 2.05) is 6.07 Å². The standard InChI is InChI=1S/C15H20N2O2S2/c1-21(18,19)13-9-5-8-12-14(13)16-15(20)17(12)10-11-6-3-2-4-7-11/h5,8-9,11H,2-4,6-7,10H2,1H3,(H,16,20). The fourth-order valence-corrected chi connectivity index (χ4v) is 4.40. The van der Waals surface area contributed by atoms with Crippen molar-refractivity contribution in [3.05, 3.63) is 23.0 Å². The SMILES string of the molecule is CS(=O)(=O)c1cccc2c1[nH]c(=S)n2CC1CCCCC1. The van der Waals surface area contributed by atoms with Gasteiger partial charge in [0.15, 0.2) is 14.6 Å². The number of nitrogens with zero attached hydrogens (tertiary/aromatic N) is 1. The molecule has 0 spiro atoms. The van der Waals surface area contributed by atoms with E-state index in [2.05, 4.69) is 9.55 Å². The first-order valence-electron chi connectivity index (χ1n) is 7.38. The second-order valence-corrected chi connectivity index (χ2v) is 8.34. The molecule has 6 heteroatoms. The maximum absolute atomic E-state index is 11.9. The Labute approximate surface area is 130 Å². The number of para-hydroxylation sites is 1. The summed E-state index contributed by atoms with van der Waals surface area (Å²) >= 11 is 5.42. The van der Waals surface area contributed by atoms with Crippen LogP contribution in [-0.4, -0.2) is 24.2 Å². The third-order valence-electron chi connectivity index (χ3n) is 4.34. The number of hydrogen-bond donors (Lipinski definition) is 1. The highest BCUT2D eigenvalue weighted by molar-refractivity contribution is 7.91. The Kier molecular flexibility index (Phi) is 3.92. The lowest BCUT2D eigenvalue weighted by molar-refractivity contribution is 0.321. The lowest BCUT2D eigenvalue weighted by atomic mass is 9.89. The molecule has 21 heavy (non-hydrogen) atoms. The quantitative estimate of drug-likeness (QED) is 0.876. The molecule has 0 amide bonds. The Morgan fingerprint density at radius 3 is 2.67 bits per heavy atom. The molecule has 0 atom stereocenters. The molecule has 1 aliphatic carbocycles. The summed E-state index contributed by atoms with van der Waals surface area (Å²) in [5.74, 6) is 0.645. The zero-order valence-corrected chi connectivity index (χ0v) is 13.8. The first kappa shape index (κ1) is 14.8. The normalized spacial score (nSPS) is 17.4. The van der Waals surface area contributed by atoms with Crippen molar-refractivity contribution in [2.24, 2.45) is 5.92 Å². The van der Waals surface area contributed by atoms with Gasteiger partial charge in [-0.3, -0.25) is 0 Å². The Balaban J connectivity index is 2.07. The van der Waals surface area contributed by atoms with E-state index in [-0.39, 0.29) is 0 Å². The number of nitrogens with one attached hydrogen (secondary N) is 1. The van der Waals surface area contributed by atoms with E-state index >= 15 is 0 Å². The van der Waals surface area contributed by atoms with Gasteiger partial charge in [-0.05, 0) is 43.1 Å². The highest BCUT2D eigenvalue weighted by Crippen LogP contribution is 2.28. The Hall–Kier alpha value is -1.14. The molecular weight excluding hydrogens is 304 g/mol. The van der Waals surface area contributed by atoms with Gasteiger partial charge in [0.05, 0.1) is 15.9 Å². The number of benzene rings is 1. The van der Waals surface area contributed by atoms with Crippen LogP contribution in [0, 0.1) is 10.7 Å². The summed E-state index contributed by atoms with van der Waals surface area (Å²) in [5, 5.41) is 0. The minimum absolute atomic E-state index is 0.327. The highest BCUT2D eigenvalue weighted by Gasteiger charge is 2.19. The molecular formula is C15H20N2O2S2. The molecule has 114 valence electrons. The second kappa shape index (κ2) is 5.57. The van der Waals surface area contributed by atoms with Gasteiger partial charge in [-0.1, -0.05) is 25.3 Å². The van der Waals surface area contributed by atoms with Crippen LogP contribution in [0.15, 0.2) is 23.1 Å². The average Bonchev–Trinajstić information content (AvgIpc) is 2.75. The maximum Gasteiger partial charge on any atom is 0.178 e. The lowest BCUT2D eigenvalue weighted by Gasteiger charge is -2.22. The third-order valence-corrected chi connectivity index (χ3v) is 5.80. The molecule has 0 unspecified atom stereocenters. The summed E-state index contributed by atoms with van der Waals surface area (Å²) in [6, 6.07) is 5.37. The van der Waals surface area contributed by atoms with Gasteiger partial charge in [-0.25, -0.2) is 8.42 Å². The molecule has 0 saturated heterocycles. The molecule has 2 aromatic rings. The first-order chi connectivity index (χ1) is 9.97. The predicted molar refractivity (Wildman–Crippen MR) is 86.8 cm³/mol. The summed E-state index contributed by atoms with van der Waals surface area (Å²) in [7, 11) is -3.26. The molecule has 1 saturated carbocycles. The van der Waals surface area contributed by atoms with Crippen molar-refractivity contribution < 1.29 is 8.42 Å². The van der Waals surface area contributed by atoms with Gasteiger partial charge in [0.2, 0.25) is 0 Å². The van der Waals surface area contributed by atoms with Crippen molar-refractivity contribution in [3.8, 4) is 0 Å². The van der Waals surface area contributed by atoms with Gasteiger partial charge < -0.3 is 9.55 Å². The first-order valence-corrected chi connectivity index (χ1v) is 9.68. The van der Waals surface area contributed by atoms with Crippen molar-refractivity contribution >= 4 is 33.1 Å². The van der Waals surface area contributed by atoms with E-state index in [0.29, 0.717) is 21.1 Å². The van der Waals surface area contributed by atoms with Crippen molar-refractivity contribution in [1.29, 1.82) is 0 Å². The van der Waals surface area contributed by atoms with Gasteiger partial charge in [0.1, 0.15) is 0 Å². The maximum atomic E-state index is 11.9. The number of hydrogen-bond acceptors (Lipinski definition) is 3. The fraction of sp³-hybridized carbons (Fsp3) is 0.533. The van der Waals surface area contributed by atoms with E-state index in [4.69, 9.17) is 12.2 Å². The van der Waals surface area contributed by atoms with Gasteiger partial charge in [0.25, 0.3) is 0 Å². The summed E-state index contributed by atoms with van der Waals surface area (Å²) < 4.78 is 26.5. The van der Waals surface area contributed by atoms with Gasteiger partial charge in [0, 0.05) is 12.8 Å². The highest BCUT2D eigenvalue weighted by atomic mass is 32.2. The van der Waals surface area contributed by atoms with Crippen molar-refractivity contribution in [3.63, 3.8) is 0 Å². The molecule has 4 nitrogen and oxygen atoms in total. The molecule has 1 aromatic carbocycles. The monoisotopic (exact) mass is 324 g/mol. The number of rotatable bonds is 3. The molecule has 1 aromatic heterocycles. The van der Waals surface area contributed by atoms with Crippen LogP contribution >= 0.6 is 12.2 Å². The topological polar surface area (TPSA) is 54.9 Å². The molecule has 1 heterocycles. The summed E-state index contributed by atoms with van der Waals surface area (Å²) in [6.45, 7) is 0.881. The van der Waals surface area contributed by atoms with Crippen LogP contribution in [0.3, 0.4) is 0 Å². The smallest absolute Gasteiger partial charge is 0.178 e. The van der Waals surface area contributed by atoms with Crippen molar-refractivity contribution in [1.82, 2.24) is 9.55 Å². The van der Waals surface area contributed by atoms with Gasteiger partial charge >= 0.3 is 0 Å². The van der Waals surface area contributed by atoms with E-state index < -0.39 is 9.84 Å². The molecule has 1 N–H and O–H groups in total. The Morgan fingerprint density at radius 2 is 2.00 bits per heavy atom. The number of sulfone groups is 1. The summed E-state index contributed by atoms with van der Waals surface area (Å²) in [5.41, 5.74) is 1.54. The molecule has 0 radical (unpaired) electrons. The largest absolute Gasteiger partial charge is 0.329 e. The average molecular weight is 324 g/mol. The number of aromatic nitrogens is 2. The van der Waals surface area contributed by atoms with Crippen LogP contribution in [0.4, 0.5) is 0 Å². The summed E-state index contributed by atoms with van der Waals surface area (Å²) in [4.78, 5) is 3.42. The minimum atomic E-state index is -3.26. The fourth-order valence-electron chi connectivity index (χ4n) is 3.27. The van der Waals surface area contributed by atoms with Crippen LogP contribution in [0.1, 0.15) is 32.1 Å². The van der Waals surface area contributed by atoms with E-state index in [0.717, 1.165) is 12.1 Å². The van der Waals surface area contributed by atoms with E-state index in [9.17, 15) is 8.42 Å². The van der Waals surface area contributed by atoms with E-state index in [1.54, 1.807) is 12.1 Å². The Bertz CT molecular complexity index is 812. The Morgan fingerprint density at radius 1 is 1.29 bits per heavy atom. The van der Waals surface area contributed by atoms with Crippen LogP contribution in [0.5, 0.6) is 0 Å².